The van der Waals surface area contributed by atoms with Crippen LogP contribution in [0, 0.1) is 10.1 Å². The highest BCUT2D eigenvalue weighted by Gasteiger charge is 2.19. The molecule has 0 N–H and O–H groups in total. The van der Waals surface area contributed by atoms with Gasteiger partial charge in [-0.1, -0.05) is 23.2 Å². The minimum atomic E-state index is -0.594. The van der Waals surface area contributed by atoms with E-state index in [-0.39, 0.29) is 21.5 Å². The SMILES string of the molecule is O=[N+]([O-])c1cc(Cl)c(Cl)cc1Oc1cncc(Br)c1. The van der Waals surface area contributed by atoms with Gasteiger partial charge < -0.3 is 4.74 Å². The van der Waals surface area contributed by atoms with Crippen LogP contribution >= 0.6 is 39.1 Å². The number of nitro benzene ring substituents is 1. The van der Waals surface area contributed by atoms with E-state index in [1.54, 1.807) is 12.3 Å². The van der Waals surface area contributed by atoms with Gasteiger partial charge in [0.1, 0.15) is 5.75 Å². The van der Waals surface area contributed by atoms with Crippen LogP contribution in [0.25, 0.3) is 0 Å². The lowest BCUT2D eigenvalue weighted by atomic mass is 10.3. The molecule has 0 aliphatic heterocycles. The second-order valence-corrected chi connectivity index (χ2v) is 5.16. The minimum Gasteiger partial charge on any atom is -0.448 e. The van der Waals surface area contributed by atoms with Crippen LogP contribution < -0.4 is 4.74 Å². The molecule has 19 heavy (non-hydrogen) atoms. The van der Waals surface area contributed by atoms with E-state index in [0.29, 0.717) is 10.2 Å². The number of ether oxygens (including phenoxy) is 1. The number of nitro groups is 1. The maximum atomic E-state index is 10.9. The van der Waals surface area contributed by atoms with Crippen molar-refractivity contribution in [2.75, 3.05) is 0 Å². The molecule has 8 heteroatoms. The Morgan fingerprint density at radius 1 is 1.21 bits per heavy atom. The number of aromatic nitrogens is 1. The lowest BCUT2D eigenvalue weighted by molar-refractivity contribution is -0.385. The van der Waals surface area contributed by atoms with Crippen LogP contribution in [0.2, 0.25) is 10.0 Å². The quantitative estimate of drug-likeness (QED) is 0.577. The van der Waals surface area contributed by atoms with E-state index < -0.39 is 4.92 Å². The molecule has 0 amide bonds. The number of nitrogens with zero attached hydrogens (tertiary/aromatic N) is 2. The highest BCUT2D eigenvalue weighted by atomic mass is 79.9. The van der Waals surface area contributed by atoms with Gasteiger partial charge in [0.05, 0.1) is 21.2 Å². The molecule has 0 radical (unpaired) electrons. The van der Waals surface area contributed by atoms with Crippen molar-refractivity contribution in [3.05, 3.63) is 55.2 Å². The van der Waals surface area contributed by atoms with Crippen LogP contribution in [-0.2, 0) is 0 Å². The third-order valence-corrected chi connectivity index (χ3v) is 3.26. The Hall–Kier alpha value is -1.37. The number of benzene rings is 1. The zero-order valence-electron chi connectivity index (χ0n) is 9.14. The van der Waals surface area contributed by atoms with Crippen molar-refractivity contribution >= 4 is 44.8 Å². The van der Waals surface area contributed by atoms with Gasteiger partial charge in [-0.25, -0.2) is 0 Å². The molecule has 1 heterocycles. The summed E-state index contributed by atoms with van der Waals surface area (Å²) >= 11 is 14.8. The fraction of sp³-hybridized carbons (Fsp3) is 0. The van der Waals surface area contributed by atoms with E-state index in [9.17, 15) is 10.1 Å². The molecule has 0 atom stereocenters. The van der Waals surface area contributed by atoms with Crippen molar-refractivity contribution < 1.29 is 9.66 Å². The molecule has 0 saturated carbocycles. The smallest absolute Gasteiger partial charge is 0.313 e. The molecule has 2 aromatic rings. The zero-order chi connectivity index (χ0) is 14.0. The van der Waals surface area contributed by atoms with Gasteiger partial charge in [-0.3, -0.25) is 15.1 Å². The molecule has 0 bridgehead atoms. The maximum absolute atomic E-state index is 10.9. The number of hydrogen-bond acceptors (Lipinski definition) is 4. The second-order valence-electron chi connectivity index (χ2n) is 3.43. The Labute approximate surface area is 126 Å². The Balaban J connectivity index is 2.44. The first kappa shape index (κ1) is 14.0. The van der Waals surface area contributed by atoms with Gasteiger partial charge in [0.25, 0.3) is 0 Å². The Morgan fingerprint density at radius 2 is 1.89 bits per heavy atom. The molecule has 0 unspecified atom stereocenters. The van der Waals surface area contributed by atoms with E-state index in [4.69, 9.17) is 27.9 Å². The van der Waals surface area contributed by atoms with Crippen molar-refractivity contribution in [2.45, 2.75) is 0 Å². The average Bonchev–Trinajstić information content (AvgIpc) is 2.33. The van der Waals surface area contributed by atoms with Crippen LogP contribution in [0.3, 0.4) is 0 Å². The summed E-state index contributed by atoms with van der Waals surface area (Å²) in [5, 5.41) is 11.2. The summed E-state index contributed by atoms with van der Waals surface area (Å²) in [5.41, 5.74) is -0.269. The molecule has 98 valence electrons. The molecular formula is C11H5BrCl2N2O3. The molecule has 0 saturated heterocycles. The molecule has 2 rings (SSSR count). The van der Waals surface area contributed by atoms with Crippen molar-refractivity contribution in [1.82, 2.24) is 4.98 Å². The highest BCUT2D eigenvalue weighted by Crippen LogP contribution is 2.38. The fourth-order valence-electron chi connectivity index (χ4n) is 1.32. The number of pyridine rings is 1. The van der Waals surface area contributed by atoms with Crippen LogP contribution in [-0.4, -0.2) is 9.91 Å². The summed E-state index contributed by atoms with van der Waals surface area (Å²) in [4.78, 5) is 14.2. The standard InChI is InChI=1S/C11H5BrCl2N2O3/c12-6-1-7(5-15-4-6)19-11-3-9(14)8(13)2-10(11)16(17)18/h1-5H. The normalized spacial score (nSPS) is 10.3. The van der Waals surface area contributed by atoms with Gasteiger partial charge in [0.2, 0.25) is 5.75 Å². The third-order valence-electron chi connectivity index (χ3n) is 2.11. The minimum absolute atomic E-state index is 0.000648. The van der Waals surface area contributed by atoms with Gasteiger partial charge in [0, 0.05) is 22.8 Å². The molecular weight excluding hydrogens is 359 g/mol. The van der Waals surface area contributed by atoms with Crippen LogP contribution in [0.4, 0.5) is 5.69 Å². The van der Waals surface area contributed by atoms with Crippen LogP contribution in [0.1, 0.15) is 0 Å². The first-order valence-electron chi connectivity index (χ1n) is 4.89. The summed E-state index contributed by atoms with van der Waals surface area (Å²) in [7, 11) is 0. The predicted molar refractivity (Wildman–Crippen MR) is 75.1 cm³/mol. The molecule has 1 aromatic heterocycles. The van der Waals surface area contributed by atoms with Crippen molar-refractivity contribution in [3.8, 4) is 11.5 Å². The van der Waals surface area contributed by atoms with Crippen LogP contribution in [0.15, 0.2) is 35.1 Å². The molecule has 0 fully saturated rings. The predicted octanol–water partition coefficient (Wildman–Crippen LogP) is 4.85. The van der Waals surface area contributed by atoms with Gasteiger partial charge in [-0.15, -0.1) is 0 Å². The highest BCUT2D eigenvalue weighted by molar-refractivity contribution is 9.10. The van der Waals surface area contributed by atoms with Gasteiger partial charge in [0.15, 0.2) is 0 Å². The van der Waals surface area contributed by atoms with E-state index in [1.165, 1.54) is 12.3 Å². The van der Waals surface area contributed by atoms with Gasteiger partial charge in [-0.2, -0.15) is 0 Å². The fourth-order valence-corrected chi connectivity index (χ4v) is 1.97. The molecule has 0 spiro atoms. The number of hydrogen-bond donors (Lipinski definition) is 0. The monoisotopic (exact) mass is 362 g/mol. The largest absolute Gasteiger partial charge is 0.448 e. The topological polar surface area (TPSA) is 65.3 Å². The Bertz CT molecular complexity index is 652. The lowest BCUT2D eigenvalue weighted by Crippen LogP contribution is -1.94. The van der Waals surface area contributed by atoms with Gasteiger partial charge >= 0.3 is 5.69 Å². The second kappa shape index (κ2) is 5.73. The van der Waals surface area contributed by atoms with Gasteiger partial charge in [-0.05, 0) is 22.0 Å². The number of halogens is 3. The summed E-state index contributed by atoms with van der Waals surface area (Å²) in [5.74, 6) is 0.343. The van der Waals surface area contributed by atoms with Crippen LogP contribution in [0.5, 0.6) is 11.5 Å². The molecule has 0 aliphatic rings. The third kappa shape index (κ3) is 3.34. The Kier molecular flexibility index (Phi) is 4.24. The van der Waals surface area contributed by atoms with E-state index >= 15 is 0 Å². The summed E-state index contributed by atoms with van der Waals surface area (Å²) < 4.78 is 6.10. The van der Waals surface area contributed by atoms with E-state index in [2.05, 4.69) is 20.9 Å². The Morgan fingerprint density at radius 3 is 2.53 bits per heavy atom. The van der Waals surface area contributed by atoms with Crippen molar-refractivity contribution in [3.63, 3.8) is 0 Å². The maximum Gasteiger partial charge on any atom is 0.313 e. The zero-order valence-corrected chi connectivity index (χ0v) is 12.2. The first-order chi connectivity index (χ1) is 8.97. The van der Waals surface area contributed by atoms with E-state index in [0.717, 1.165) is 6.07 Å². The summed E-state index contributed by atoms with van der Waals surface area (Å²) in [6.07, 6.45) is 2.99. The first-order valence-corrected chi connectivity index (χ1v) is 6.44. The number of rotatable bonds is 3. The summed E-state index contributed by atoms with van der Waals surface area (Å²) in [6.45, 7) is 0. The molecule has 1 aromatic carbocycles. The lowest BCUT2D eigenvalue weighted by Gasteiger charge is -2.07. The molecule has 0 aliphatic carbocycles. The summed E-state index contributed by atoms with van der Waals surface area (Å²) in [6, 6.07) is 4.06. The van der Waals surface area contributed by atoms with Crippen molar-refractivity contribution in [1.29, 1.82) is 0 Å². The average molecular weight is 364 g/mol. The van der Waals surface area contributed by atoms with Crippen molar-refractivity contribution in [2.24, 2.45) is 0 Å². The molecule has 5 nitrogen and oxygen atoms in total. The van der Waals surface area contributed by atoms with E-state index in [1.807, 2.05) is 0 Å².